The van der Waals surface area contributed by atoms with E-state index in [1.165, 1.54) is 58.5 Å². The number of thiophene rings is 1. The molecule has 160 valence electrons. The molecule has 0 fully saturated rings. The molecule has 0 aliphatic carbocycles. The Morgan fingerprint density at radius 1 is 0.441 bits per heavy atom. The highest BCUT2D eigenvalue weighted by molar-refractivity contribution is 7.27. The van der Waals surface area contributed by atoms with Gasteiger partial charge in [-0.25, -0.2) is 0 Å². The summed E-state index contributed by atoms with van der Waals surface area (Å²) < 4.78 is 2.66. The van der Waals surface area contributed by atoms with Crippen LogP contribution in [0.15, 0.2) is 121 Å². The Hall–Kier alpha value is -4.14. The molecule has 7 rings (SSSR count). The van der Waals surface area contributed by atoms with Crippen LogP contribution in [0.5, 0.6) is 0 Å². The van der Waals surface area contributed by atoms with Crippen LogP contribution in [0.4, 0.5) is 11.4 Å². The van der Waals surface area contributed by atoms with E-state index in [0.717, 1.165) is 5.69 Å². The number of hydrogen-bond donors (Lipinski definition) is 1. The fraction of sp³-hybridized carbons (Fsp3) is 0. The summed E-state index contributed by atoms with van der Waals surface area (Å²) >= 11 is 1.89. The van der Waals surface area contributed by atoms with Crippen molar-refractivity contribution >= 4 is 64.4 Å². The standard InChI is InChI=1S/C32H21NS/c1-2-8-21(9-3-1)22-14-17-25(18-15-22)33-30-26-12-6-5-11-24(26)20-29-28-19-16-23-10-4-7-13-27(23)31(28)34-32(29)30/h1-20,33H. The molecule has 0 bridgehead atoms. The summed E-state index contributed by atoms with van der Waals surface area (Å²) in [6.07, 6.45) is 0. The van der Waals surface area contributed by atoms with Crippen LogP contribution in [-0.2, 0) is 0 Å². The van der Waals surface area contributed by atoms with Gasteiger partial charge in [-0.15, -0.1) is 11.3 Å². The van der Waals surface area contributed by atoms with Gasteiger partial charge in [-0.1, -0.05) is 103 Å². The maximum absolute atomic E-state index is 3.79. The largest absolute Gasteiger partial charge is 0.354 e. The first-order valence-electron chi connectivity index (χ1n) is 11.5. The molecule has 0 saturated heterocycles. The van der Waals surface area contributed by atoms with Crippen molar-refractivity contribution in [2.45, 2.75) is 0 Å². The number of fused-ring (bicyclic) bond motifs is 6. The van der Waals surface area contributed by atoms with E-state index in [2.05, 4.69) is 127 Å². The van der Waals surface area contributed by atoms with E-state index in [4.69, 9.17) is 0 Å². The Labute approximate surface area is 201 Å². The van der Waals surface area contributed by atoms with Crippen LogP contribution in [0, 0.1) is 0 Å². The molecular formula is C32H21NS. The van der Waals surface area contributed by atoms with Crippen LogP contribution in [0.3, 0.4) is 0 Å². The zero-order chi connectivity index (χ0) is 22.5. The van der Waals surface area contributed by atoms with E-state index in [1.54, 1.807) is 0 Å². The SMILES string of the molecule is c1ccc(-c2ccc(Nc3c4ccccc4cc4c3sc3c5ccccc5ccc43)cc2)cc1. The van der Waals surface area contributed by atoms with Crippen LogP contribution in [-0.4, -0.2) is 0 Å². The molecule has 1 N–H and O–H groups in total. The summed E-state index contributed by atoms with van der Waals surface area (Å²) in [6.45, 7) is 0. The fourth-order valence-electron chi connectivity index (χ4n) is 4.95. The van der Waals surface area contributed by atoms with Gasteiger partial charge in [-0.2, -0.15) is 0 Å². The lowest BCUT2D eigenvalue weighted by Gasteiger charge is -2.12. The maximum atomic E-state index is 3.79. The first-order chi connectivity index (χ1) is 16.8. The minimum atomic E-state index is 1.10. The molecule has 0 saturated carbocycles. The number of hydrogen-bond acceptors (Lipinski definition) is 2. The van der Waals surface area contributed by atoms with Crippen molar-refractivity contribution < 1.29 is 0 Å². The minimum Gasteiger partial charge on any atom is -0.354 e. The third kappa shape index (κ3) is 3.07. The first-order valence-corrected chi connectivity index (χ1v) is 12.3. The van der Waals surface area contributed by atoms with Gasteiger partial charge in [-0.3, -0.25) is 0 Å². The Bertz CT molecular complexity index is 1810. The van der Waals surface area contributed by atoms with Crippen LogP contribution < -0.4 is 5.32 Å². The summed E-state index contributed by atoms with van der Waals surface area (Å²) in [6, 6.07) is 43.5. The monoisotopic (exact) mass is 451 g/mol. The summed E-state index contributed by atoms with van der Waals surface area (Å²) in [5.41, 5.74) is 4.74. The molecular weight excluding hydrogens is 430 g/mol. The molecule has 1 heterocycles. The first kappa shape index (κ1) is 19.3. The molecule has 6 aromatic carbocycles. The topological polar surface area (TPSA) is 12.0 Å². The molecule has 0 atom stereocenters. The number of nitrogens with one attached hydrogen (secondary N) is 1. The van der Waals surface area contributed by atoms with Crippen molar-refractivity contribution in [1.82, 2.24) is 0 Å². The van der Waals surface area contributed by atoms with Crippen molar-refractivity contribution in [2.24, 2.45) is 0 Å². The van der Waals surface area contributed by atoms with E-state index in [1.807, 2.05) is 11.3 Å². The molecule has 7 aromatic rings. The summed E-state index contributed by atoms with van der Waals surface area (Å²) in [5.74, 6) is 0. The zero-order valence-corrected chi connectivity index (χ0v) is 19.3. The maximum Gasteiger partial charge on any atom is 0.0645 e. The molecule has 2 heteroatoms. The van der Waals surface area contributed by atoms with Crippen LogP contribution in [0.1, 0.15) is 0 Å². The summed E-state index contributed by atoms with van der Waals surface area (Å²) in [7, 11) is 0. The van der Waals surface area contributed by atoms with Crippen molar-refractivity contribution in [2.75, 3.05) is 5.32 Å². The van der Waals surface area contributed by atoms with Crippen LogP contribution in [0.2, 0.25) is 0 Å². The molecule has 0 unspecified atom stereocenters. The van der Waals surface area contributed by atoms with Gasteiger partial charge in [0.05, 0.1) is 10.4 Å². The van der Waals surface area contributed by atoms with Gasteiger partial charge in [0, 0.05) is 26.5 Å². The Kier molecular flexibility index (Phi) is 4.39. The van der Waals surface area contributed by atoms with Gasteiger partial charge >= 0.3 is 0 Å². The third-order valence-corrected chi connectivity index (χ3v) is 7.91. The van der Waals surface area contributed by atoms with Crippen molar-refractivity contribution in [3.63, 3.8) is 0 Å². The van der Waals surface area contributed by atoms with Gasteiger partial charge in [0.25, 0.3) is 0 Å². The lowest BCUT2D eigenvalue weighted by Crippen LogP contribution is -1.92. The highest BCUT2D eigenvalue weighted by Crippen LogP contribution is 2.45. The molecule has 1 nitrogen and oxygen atoms in total. The van der Waals surface area contributed by atoms with Gasteiger partial charge < -0.3 is 5.32 Å². The smallest absolute Gasteiger partial charge is 0.0645 e. The molecule has 34 heavy (non-hydrogen) atoms. The molecule has 0 aliphatic heterocycles. The lowest BCUT2D eigenvalue weighted by atomic mass is 10.0. The average Bonchev–Trinajstić information content (AvgIpc) is 3.28. The molecule has 0 aliphatic rings. The summed E-state index contributed by atoms with van der Waals surface area (Å²) in [4.78, 5) is 0. The van der Waals surface area contributed by atoms with Gasteiger partial charge in [0.2, 0.25) is 0 Å². The van der Waals surface area contributed by atoms with E-state index in [0.29, 0.717) is 0 Å². The van der Waals surface area contributed by atoms with E-state index in [-0.39, 0.29) is 0 Å². The third-order valence-electron chi connectivity index (χ3n) is 6.64. The molecule has 0 radical (unpaired) electrons. The Morgan fingerprint density at radius 3 is 1.94 bits per heavy atom. The van der Waals surface area contributed by atoms with Crippen molar-refractivity contribution in [1.29, 1.82) is 0 Å². The normalized spacial score (nSPS) is 11.5. The predicted molar refractivity (Wildman–Crippen MR) is 150 cm³/mol. The molecule has 1 aromatic heterocycles. The highest BCUT2D eigenvalue weighted by Gasteiger charge is 2.15. The number of benzene rings is 6. The van der Waals surface area contributed by atoms with Crippen molar-refractivity contribution in [3.05, 3.63) is 121 Å². The molecule has 0 amide bonds. The second kappa shape index (κ2) is 7.72. The highest BCUT2D eigenvalue weighted by atomic mass is 32.1. The minimum absolute atomic E-state index is 1.10. The van der Waals surface area contributed by atoms with Crippen molar-refractivity contribution in [3.8, 4) is 11.1 Å². The van der Waals surface area contributed by atoms with Crippen LogP contribution in [0.25, 0.3) is 52.8 Å². The lowest BCUT2D eigenvalue weighted by molar-refractivity contribution is 1.58. The number of anilines is 2. The number of rotatable bonds is 3. The second-order valence-corrected chi connectivity index (χ2v) is 9.70. The summed E-state index contributed by atoms with van der Waals surface area (Å²) in [5, 5.41) is 11.5. The van der Waals surface area contributed by atoms with E-state index >= 15 is 0 Å². The average molecular weight is 452 g/mol. The zero-order valence-electron chi connectivity index (χ0n) is 18.5. The predicted octanol–water partition coefficient (Wildman–Crippen LogP) is 9.77. The Morgan fingerprint density at radius 2 is 1.12 bits per heavy atom. The van der Waals surface area contributed by atoms with Crippen LogP contribution >= 0.6 is 11.3 Å². The molecule has 0 spiro atoms. The second-order valence-electron chi connectivity index (χ2n) is 8.68. The van der Waals surface area contributed by atoms with Gasteiger partial charge in [0.15, 0.2) is 0 Å². The Balaban J connectivity index is 1.43. The van der Waals surface area contributed by atoms with E-state index in [9.17, 15) is 0 Å². The van der Waals surface area contributed by atoms with E-state index < -0.39 is 0 Å². The quantitative estimate of drug-likeness (QED) is 0.282. The fourth-order valence-corrected chi connectivity index (χ4v) is 6.28. The van der Waals surface area contributed by atoms with Gasteiger partial charge in [-0.05, 0) is 45.5 Å². The van der Waals surface area contributed by atoms with Gasteiger partial charge in [0.1, 0.15) is 0 Å².